The average molecular weight is 290 g/mol. The Bertz CT molecular complexity index is 547. The van der Waals surface area contributed by atoms with Gasteiger partial charge in [-0.3, -0.25) is 4.90 Å². The van der Waals surface area contributed by atoms with E-state index in [-0.39, 0.29) is 11.8 Å². The van der Waals surface area contributed by atoms with Crippen LogP contribution in [0, 0.1) is 17.1 Å². The fraction of sp³-hybridized carbons (Fsp3) is 0.467. The molecule has 6 heteroatoms. The monoisotopic (exact) mass is 290 g/mol. The SMILES string of the molecule is CCNC(=O)N1CCN(Cc2cc(C#N)ccc2F)CC1. The van der Waals surface area contributed by atoms with Crippen LogP contribution in [0.1, 0.15) is 18.1 Å². The molecule has 21 heavy (non-hydrogen) atoms. The quantitative estimate of drug-likeness (QED) is 0.918. The maximum atomic E-state index is 13.8. The molecule has 0 bridgehead atoms. The van der Waals surface area contributed by atoms with E-state index in [0.29, 0.717) is 50.4 Å². The zero-order chi connectivity index (χ0) is 15.2. The smallest absolute Gasteiger partial charge is 0.317 e. The van der Waals surface area contributed by atoms with Gasteiger partial charge in [-0.1, -0.05) is 0 Å². The fourth-order valence-corrected chi connectivity index (χ4v) is 2.38. The van der Waals surface area contributed by atoms with E-state index in [1.807, 2.05) is 13.0 Å². The Hall–Kier alpha value is -2.13. The second-order valence-electron chi connectivity index (χ2n) is 5.02. The van der Waals surface area contributed by atoms with Crippen LogP contribution >= 0.6 is 0 Å². The number of carbonyl (C=O) groups excluding carboxylic acids is 1. The Morgan fingerprint density at radius 1 is 1.38 bits per heavy atom. The van der Waals surface area contributed by atoms with Crippen molar-refractivity contribution in [3.8, 4) is 6.07 Å². The van der Waals surface area contributed by atoms with E-state index in [1.54, 1.807) is 11.0 Å². The van der Waals surface area contributed by atoms with Crippen LogP contribution < -0.4 is 5.32 Å². The van der Waals surface area contributed by atoms with Gasteiger partial charge in [-0.2, -0.15) is 5.26 Å². The highest BCUT2D eigenvalue weighted by Crippen LogP contribution is 2.14. The molecule has 1 aliphatic heterocycles. The van der Waals surface area contributed by atoms with Gasteiger partial charge in [0.2, 0.25) is 0 Å². The number of urea groups is 1. The molecule has 5 nitrogen and oxygen atoms in total. The summed E-state index contributed by atoms with van der Waals surface area (Å²) in [5, 5.41) is 11.6. The van der Waals surface area contributed by atoms with Crippen LogP contribution in [-0.4, -0.2) is 48.6 Å². The van der Waals surface area contributed by atoms with E-state index in [2.05, 4.69) is 10.2 Å². The molecule has 1 aromatic carbocycles. The highest BCUT2D eigenvalue weighted by Gasteiger charge is 2.21. The third-order valence-electron chi connectivity index (χ3n) is 3.56. The van der Waals surface area contributed by atoms with Gasteiger partial charge in [0.15, 0.2) is 0 Å². The highest BCUT2D eigenvalue weighted by atomic mass is 19.1. The summed E-state index contributed by atoms with van der Waals surface area (Å²) >= 11 is 0. The summed E-state index contributed by atoms with van der Waals surface area (Å²) in [7, 11) is 0. The first-order chi connectivity index (χ1) is 10.1. The number of rotatable bonds is 3. The Kier molecular flexibility index (Phi) is 5.12. The number of carbonyl (C=O) groups is 1. The predicted molar refractivity (Wildman–Crippen MR) is 77.0 cm³/mol. The van der Waals surface area contributed by atoms with Crippen molar-refractivity contribution in [1.82, 2.24) is 15.1 Å². The normalized spacial score (nSPS) is 15.6. The van der Waals surface area contributed by atoms with Gasteiger partial charge in [-0.25, -0.2) is 9.18 Å². The number of amides is 2. The van der Waals surface area contributed by atoms with Crippen molar-refractivity contribution in [3.63, 3.8) is 0 Å². The van der Waals surface area contributed by atoms with Crippen LogP contribution in [0.25, 0.3) is 0 Å². The van der Waals surface area contributed by atoms with E-state index in [4.69, 9.17) is 5.26 Å². The molecule has 112 valence electrons. The average Bonchev–Trinajstić information content (AvgIpc) is 2.50. The molecule has 0 aromatic heterocycles. The first-order valence-corrected chi connectivity index (χ1v) is 7.07. The lowest BCUT2D eigenvalue weighted by Gasteiger charge is -2.34. The summed E-state index contributed by atoms with van der Waals surface area (Å²) < 4.78 is 13.8. The van der Waals surface area contributed by atoms with Crippen LogP contribution in [0.2, 0.25) is 0 Å². The molecule has 1 heterocycles. The molecule has 1 aliphatic rings. The molecule has 0 radical (unpaired) electrons. The summed E-state index contributed by atoms with van der Waals surface area (Å²) in [6, 6.07) is 6.37. The lowest BCUT2D eigenvalue weighted by Crippen LogP contribution is -2.51. The molecular formula is C15H19FN4O. The van der Waals surface area contributed by atoms with Gasteiger partial charge in [0, 0.05) is 44.8 Å². The molecule has 0 aliphatic carbocycles. The van der Waals surface area contributed by atoms with Crippen molar-refractivity contribution in [1.29, 1.82) is 5.26 Å². The number of nitrogens with one attached hydrogen (secondary N) is 1. The third kappa shape index (κ3) is 3.92. The lowest BCUT2D eigenvalue weighted by molar-refractivity contribution is 0.135. The fourth-order valence-electron chi connectivity index (χ4n) is 2.38. The Labute approximate surface area is 123 Å². The zero-order valence-electron chi connectivity index (χ0n) is 12.1. The minimum Gasteiger partial charge on any atom is -0.338 e. The van der Waals surface area contributed by atoms with Gasteiger partial charge in [-0.05, 0) is 25.1 Å². The largest absolute Gasteiger partial charge is 0.338 e. The Balaban J connectivity index is 1.92. The van der Waals surface area contributed by atoms with Crippen molar-refractivity contribution in [2.24, 2.45) is 0 Å². The molecule has 2 rings (SSSR count). The summed E-state index contributed by atoms with van der Waals surface area (Å²) in [6.07, 6.45) is 0. The summed E-state index contributed by atoms with van der Waals surface area (Å²) in [4.78, 5) is 15.6. The standard InChI is InChI=1S/C15H19FN4O/c1-2-18-15(21)20-7-5-19(6-8-20)11-13-9-12(10-17)3-4-14(13)16/h3-4,9H,2,5-8,11H2,1H3,(H,18,21). The first kappa shape index (κ1) is 15.3. The van der Waals surface area contributed by atoms with E-state index in [1.165, 1.54) is 12.1 Å². The van der Waals surface area contributed by atoms with E-state index < -0.39 is 0 Å². The molecule has 1 fully saturated rings. The molecule has 0 saturated carbocycles. The van der Waals surface area contributed by atoms with Gasteiger partial charge in [-0.15, -0.1) is 0 Å². The molecule has 0 unspecified atom stereocenters. The number of nitriles is 1. The molecule has 1 N–H and O–H groups in total. The van der Waals surface area contributed by atoms with Gasteiger partial charge >= 0.3 is 6.03 Å². The summed E-state index contributed by atoms with van der Waals surface area (Å²) in [5.41, 5.74) is 0.993. The highest BCUT2D eigenvalue weighted by molar-refractivity contribution is 5.74. The van der Waals surface area contributed by atoms with Crippen molar-refractivity contribution < 1.29 is 9.18 Å². The van der Waals surface area contributed by atoms with E-state index in [9.17, 15) is 9.18 Å². The second-order valence-corrected chi connectivity index (χ2v) is 5.02. The summed E-state index contributed by atoms with van der Waals surface area (Å²) in [5.74, 6) is -0.292. The number of nitrogens with zero attached hydrogens (tertiary/aromatic N) is 3. The van der Waals surface area contributed by atoms with Gasteiger partial charge < -0.3 is 10.2 Å². The molecule has 1 saturated heterocycles. The van der Waals surface area contributed by atoms with Crippen LogP contribution in [0.3, 0.4) is 0 Å². The lowest BCUT2D eigenvalue weighted by atomic mass is 10.1. The van der Waals surface area contributed by atoms with Gasteiger partial charge in [0.05, 0.1) is 11.6 Å². The third-order valence-corrected chi connectivity index (χ3v) is 3.56. The Morgan fingerprint density at radius 2 is 2.10 bits per heavy atom. The maximum Gasteiger partial charge on any atom is 0.317 e. The van der Waals surface area contributed by atoms with Gasteiger partial charge in [0.25, 0.3) is 0 Å². The number of benzene rings is 1. The van der Waals surface area contributed by atoms with Crippen molar-refractivity contribution >= 4 is 6.03 Å². The molecule has 2 amide bonds. The summed E-state index contributed by atoms with van der Waals surface area (Å²) in [6.45, 7) is 5.63. The van der Waals surface area contributed by atoms with Crippen molar-refractivity contribution in [3.05, 3.63) is 35.1 Å². The minimum atomic E-state index is -0.292. The van der Waals surface area contributed by atoms with E-state index in [0.717, 1.165) is 0 Å². The van der Waals surface area contributed by atoms with Gasteiger partial charge in [0.1, 0.15) is 5.82 Å². The number of hydrogen-bond donors (Lipinski definition) is 1. The molecular weight excluding hydrogens is 271 g/mol. The molecule has 1 aromatic rings. The zero-order valence-corrected chi connectivity index (χ0v) is 12.1. The number of hydrogen-bond acceptors (Lipinski definition) is 3. The van der Waals surface area contributed by atoms with Crippen LogP contribution in [0.4, 0.5) is 9.18 Å². The topological polar surface area (TPSA) is 59.4 Å². The minimum absolute atomic E-state index is 0.0465. The first-order valence-electron chi connectivity index (χ1n) is 7.07. The number of halogens is 1. The van der Waals surface area contributed by atoms with Crippen LogP contribution in [-0.2, 0) is 6.54 Å². The molecule has 0 atom stereocenters. The Morgan fingerprint density at radius 3 is 2.71 bits per heavy atom. The maximum absolute atomic E-state index is 13.8. The van der Waals surface area contributed by atoms with E-state index >= 15 is 0 Å². The van der Waals surface area contributed by atoms with Crippen LogP contribution in [0.15, 0.2) is 18.2 Å². The van der Waals surface area contributed by atoms with Crippen molar-refractivity contribution in [2.75, 3.05) is 32.7 Å². The van der Waals surface area contributed by atoms with Crippen molar-refractivity contribution in [2.45, 2.75) is 13.5 Å². The number of piperazine rings is 1. The predicted octanol–water partition coefficient (Wildman–Crippen LogP) is 1.54. The van der Waals surface area contributed by atoms with Crippen LogP contribution in [0.5, 0.6) is 0 Å². The second kappa shape index (κ2) is 7.04. The molecule has 0 spiro atoms.